The molecule has 0 atom stereocenters. The first-order chi connectivity index (χ1) is 10.1. The van der Waals surface area contributed by atoms with Gasteiger partial charge >= 0.3 is 0 Å². The summed E-state index contributed by atoms with van der Waals surface area (Å²) in [6, 6.07) is 14.2. The van der Waals surface area contributed by atoms with Crippen LogP contribution in [-0.4, -0.2) is 15.9 Å². The Morgan fingerprint density at radius 1 is 1.10 bits per heavy atom. The Hall–Kier alpha value is -2.22. The first kappa shape index (κ1) is 13.7. The smallest absolute Gasteiger partial charge is 0.291 e. The van der Waals surface area contributed by atoms with Gasteiger partial charge in [-0.25, -0.2) is 4.98 Å². The maximum atomic E-state index is 12.1. The van der Waals surface area contributed by atoms with Gasteiger partial charge in [0.15, 0.2) is 5.82 Å². The van der Waals surface area contributed by atoms with E-state index in [2.05, 4.69) is 37.9 Å². The van der Waals surface area contributed by atoms with Gasteiger partial charge in [0, 0.05) is 9.26 Å². The summed E-state index contributed by atoms with van der Waals surface area (Å²) in [6.07, 6.45) is 0. The highest BCUT2D eigenvalue weighted by atomic mass is 127. The summed E-state index contributed by atoms with van der Waals surface area (Å²) in [5, 5.41) is 3.16. The zero-order chi connectivity index (χ0) is 14.8. The number of fused-ring (bicyclic) bond motifs is 1. The van der Waals surface area contributed by atoms with Crippen LogP contribution in [0.15, 0.2) is 53.3 Å². The number of nitrogens with zero attached hydrogens (tertiary/aromatic N) is 1. The molecule has 3 aromatic rings. The van der Waals surface area contributed by atoms with Crippen molar-refractivity contribution in [3.63, 3.8) is 0 Å². The topological polar surface area (TPSA) is 74.8 Å². The van der Waals surface area contributed by atoms with Gasteiger partial charge in [-0.3, -0.25) is 9.59 Å². The van der Waals surface area contributed by atoms with E-state index in [-0.39, 0.29) is 11.4 Å². The average molecular weight is 391 g/mol. The molecule has 1 heterocycles. The molecule has 21 heavy (non-hydrogen) atoms. The van der Waals surface area contributed by atoms with Crippen LogP contribution in [-0.2, 0) is 0 Å². The molecule has 104 valence electrons. The molecule has 1 amide bonds. The number of H-pyrrole nitrogens is 1. The van der Waals surface area contributed by atoms with E-state index in [1.807, 2.05) is 12.1 Å². The fraction of sp³-hybridized carbons (Fsp3) is 0. The molecule has 0 spiro atoms. The number of para-hydroxylation sites is 1. The molecule has 3 rings (SSSR count). The minimum Gasteiger partial charge on any atom is -0.319 e. The highest BCUT2D eigenvalue weighted by Crippen LogP contribution is 2.12. The van der Waals surface area contributed by atoms with Gasteiger partial charge in [-0.1, -0.05) is 12.1 Å². The van der Waals surface area contributed by atoms with Crippen molar-refractivity contribution in [2.45, 2.75) is 0 Å². The van der Waals surface area contributed by atoms with Crippen molar-refractivity contribution in [1.82, 2.24) is 9.97 Å². The third-order valence-electron chi connectivity index (χ3n) is 2.93. The molecule has 6 heteroatoms. The monoisotopic (exact) mass is 391 g/mol. The predicted molar refractivity (Wildman–Crippen MR) is 89.5 cm³/mol. The number of hydrogen-bond donors (Lipinski definition) is 2. The number of aromatic amines is 1. The van der Waals surface area contributed by atoms with E-state index in [9.17, 15) is 9.59 Å². The van der Waals surface area contributed by atoms with E-state index in [0.717, 1.165) is 3.57 Å². The molecule has 0 unspecified atom stereocenters. The summed E-state index contributed by atoms with van der Waals surface area (Å²) in [5.41, 5.74) is 0.818. The van der Waals surface area contributed by atoms with Crippen molar-refractivity contribution in [3.05, 3.63) is 68.3 Å². The van der Waals surface area contributed by atoms with Crippen molar-refractivity contribution < 1.29 is 4.79 Å². The number of aromatic nitrogens is 2. The van der Waals surface area contributed by atoms with Gasteiger partial charge in [-0.15, -0.1) is 0 Å². The minimum atomic E-state index is -0.445. The molecule has 0 aliphatic heterocycles. The first-order valence-electron chi connectivity index (χ1n) is 6.19. The first-order valence-corrected chi connectivity index (χ1v) is 7.27. The third-order valence-corrected chi connectivity index (χ3v) is 3.65. The summed E-state index contributed by atoms with van der Waals surface area (Å²) in [5.74, 6) is -0.448. The average Bonchev–Trinajstić information content (AvgIpc) is 2.49. The Bertz CT molecular complexity index is 872. The summed E-state index contributed by atoms with van der Waals surface area (Å²) in [7, 11) is 0. The number of benzene rings is 2. The van der Waals surface area contributed by atoms with E-state index in [4.69, 9.17) is 0 Å². The summed E-state index contributed by atoms with van der Waals surface area (Å²) >= 11 is 2.18. The molecular formula is C15H10IN3O2. The lowest BCUT2D eigenvalue weighted by Crippen LogP contribution is -2.21. The number of carbonyl (C=O) groups excluding carboxylic acids is 1. The maximum absolute atomic E-state index is 12.1. The Morgan fingerprint density at radius 2 is 1.81 bits per heavy atom. The van der Waals surface area contributed by atoms with E-state index >= 15 is 0 Å². The zero-order valence-corrected chi connectivity index (χ0v) is 12.9. The largest absolute Gasteiger partial charge is 0.319 e. The lowest BCUT2D eigenvalue weighted by Gasteiger charge is -2.05. The van der Waals surface area contributed by atoms with Crippen molar-refractivity contribution >= 4 is 45.1 Å². The lowest BCUT2D eigenvalue weighted by atomic mass is 10.2. The number of anilines is 1. The third kappa shape index (κ3) is 2.94. The minimum absolute atomic E-state index is 0.00255. The second-order valence-corrected chi connectivity index (χ2v) is 5.64. The molecule has 2 aromatic carbocycles. The van der Waals surface area contributed by atoms with E-state index < -0.39 is 5.91 Å². The molecule has 0 saturated heterocycles. The molecule has 0 fully saturated rings. The van der Waals surface area contributed by atoms with Gasteiger partial charge < -0.3 is 10.3 Å². The molecule has 1 aromatic heterocycles. The van der Waals surface area contributed by atoms with Crippen LogP contribution in [0, 0.1) is 3.57 Å². The van der Waals surface area contributed by atoms with Crippen LogP contribution in [0.2, 0.25) is 0 Å². The van der Waals surface area contributed by atoms with Gasteiger partial charge in [0.05, 0.1) is 10.9 Å². The number of carbonyl (C=O) groups is 1. The second-order valence-electron chi connectivity index (χ2n) is 4.39. The molecule has 2 N–H and O–H groups in total. The van der Waals surface area contributed by atoms with Crippen LogP contribution in [0.3, 0.4) is 0 Å². The number of rotatable bonds is 2. The van der Waals surface area contributed by atoms with Crippen LogP contribution in [0.4, 0.5) is 5.69 Å². The summed E-state index contributed by atoms with van der Waals surface area (Å²) in [6.45, 7) is 0. The molecule has 0 aliphatic carbocycles. The van der Waals surface area contributed by atoms with Gasteiger partial charge in [-0.2, -0.15) is 0 Å². The molecule has 5 nitrogen and oxygen atoms in total. The Balaban J connectivity index is 1.94. The van der Waals surface area contributed by atoms with Crippen molar-refractivity contribution in [2.24, 2.45) is 0 Å². The highest BCUT2D eigenvalue weighted by Gasteiger charge is 2.11. The maximum Gasteiger partial charge on any atom is 0.291 e. The van der Waals surface area contributed by atoms with Crippen LogP contribution in [0.5, 0.6) is 0 Å². The molecule has 0 bridgehead atoms. The van der Waals surface area contributed by atoms with Crippen molar-refractivity contribution in [3.8, 4) is 0 Å². The van der Waals surface area contributed by atoms with Crippen LogP contribution < -0.4 is 10.9 Å². The van der Waals surface area contributed by atoms with E-state index in [0.29, 0.717) is 16.6 Å². The Labute approximate surface area is 133 Å². The van der Waals surface area contributed by atoms with Crippen LogP contribution in [0.1, 0.15) is 10.6 Å². The number of amides is 1. The van der Waals surface area contributed by atoms with Gasteiger partial charge in [0.25, 0.3) is 11.5 Å². The molecule has 0 radical (unpaired) electrons. The van der Waals surface area contributed by atoms with Crippen LogP contribution >= 0.6 is 22.6 Å². The van der Waals surface area contributed by atoms with Gasteiger partial charge in [0.2, 0.25) is 0 Å². The fourth-order valence-electron chi connectivity index (χ4n) is 1.92. The predicted octanol–water partition coefficient (Wildman–Crippen LogP) is 2.78. The quantitative estimate of drug-likeness (QED) is 0.660. The summed E-state index contributed by atoms with van der Waals surface area (Å²) in [4.78, 5) is 30.8. The van der Waals surface area contributed by atoms with E-state index in [1.54, 1.807) is 36.4 Å². The number of halogens is 1. The molecule has 0 aliphatic rings. The van der Waals surface area contributed by atoms with Gasteiger partial charge in [-0.05, 0) is 59.0 Å². The van der Waals surface area contributed by atoms with Crippen molar-refractivity contribution in [1.29, 1.82) is 0 Å². The molecule has 0 saturated carbocycles. The fourth-order valence-corrected chi connectivity index (χ4v) is 2.28. The molecular weight excluding hydrogens is 381 g/mol. The Morgan fingerprint density at radius 3 is 2.57 bits per heavy atom. The van der Waals surface area contributed by atoms with Crippen molar-refractivity contribution in [2.75, 3.05) is 5.32 Å². The highest BCUT2D eigenvalue weighted by molar-refractivity contribution is 14.1. The number of nitrogens with one attached hydrogen (secondary N) is 2. The zero-order valence-electron chi connectivity index (χ0n) is 10.8. The van der Waals surface area contributed by atoms with Crippen LogP contribution in [0.25, 0.3) is 10.9 Å². The Kier molecular flexibility index (Phi) is 3.70. The summed E-state index contributed by atoms with van der Waals surface area (Å²) < 4.78 is 1.07. The standard InChI is InChI=1S/C15H10IN3O2/c16-9-5-7-10(8-6-9)17-15(21)13-18-12-4-2-1-3-11(12)14(20)19-13/h1-8H,(H,17,21)(H,18,19,20). The normalized spacial score (nSPS) is 10.5. The second kappa shape index (κ2) is 5.65. The van der Waals surface area contributed by atoms with Gasteiger partial charge in [0.1, 0.15) is 0 Å². The SMILES string of the molecule is O=C(Nc1ccc(I)cc1)c1nc2ccccc2c(=O)[nH]1. The van der Waals surface area contributed by atoms with E-state index in [1.165, 1.54) is 0 Å². The number of hydrogen-bond acceptors (Lipinski definition) is 3. The lowest BCUT2D eigenvalue weighted by molar-refractivity contribution is 0.101.